The number of carbonyl (C=O) groups excluding carboxylic acids is 1. The van der Waals surface area contributed by atoms with Crippen LogP contribution in [-0.2, 0) is 11.3 Å². The molecule has 1 aliphatic heterocycles. The van der Waals surface area contributed by atoms with Crippen LogP contribution >= 0.6 is 11.6 Å². The fourth-order valence-corrected chi connectivity index (χ4v) is 3.95. The number of nitrogens with zero attached hydrogens (tertiary/aromatic N) is 3. The maximum Gasteiger partial charge on any atom is 0.230 e. The number of hydrogen-bond acceptors (Lipinski definition) is 2. The second-order valence-corrected chi connectivity index (χ2v) is 7.59. The van der Waals surface area contributed by atoms with E-state index in [-0.39, 0.29) is 5.41 Å². The molecule has 24 heavy (non-hydrogen) atoms. The SMILES string of the molecule is O=C(N1CCC[C@H](c2ccc(Cl)cc2)C1)C1(Cn2ccnc2)CC1. The average molecular weight is 344 g/mol. The van der Waals surface area contributed by atoms with E-state index < -0.39 is 0 Å². The Kier molecular flexibility index (Phi) is 4.09. The van der Waals surface area contributed by atoms with E-state index in [1.807, 2.05) is 22.9 Å². The molecule has 1 aliphatic carbocycles. The zero-order chi connectivity index (χ0) is 16.6. The summed E-state index contributed by atoms with van der Waals surface area (Å²) in [6.45, 7) is 2.47. The zero-order valence-electron chi connectivity index (χ0n) is 13.7. The summed E-state index contributed by atoms with van der Waals surface area (Å²) in [7, 11) is 0. The van der Waals surface area contributed by atoms with Crippen molar-refractivity contribution in [2.24, 2.45) is 5.41 Å². The van der Waals surface area contributed by atoms with Crippen molar-refractivity contribution in [3.8, 4) is 0 Å². The smallest absolute Gasteiger partial charge is 0.230 e. The predicted molar refractivity (Wildman–Crippen MR) is 93.9 cm³/mol. The van der Waals surface area contributed by atoms with Crippen molar-refractivity contribution >= 4 is 17.5 Å². The molecule has 0 radical (unpaired) electrons. The summed E-state index contributed by atoms with van der Waals surface area (Å²) in [5.41, 5.74) is 1.10. The van der Waals surface area contributed by atoms with Crippen molar-refractivity contribution in [1.29, 1.82) is 0 Å². The quantitative estimate of drug-likeness (QED) is 0.848. The molecule has 2 heterocycles. The van der Waals surface area contributed by atoms with Gasteiger partial charge in [0.15, 0.2) is 0 Å². The summed E-state index contributed by atoms with van der Waals surface area (Å²) in [5.74, 6) is 0.749. The van der Waals surface area contributed by atoms with Gasteiger partial charge in [0.1, 0.15) is 0 Å². The second-order valence-electron chi connectivity index (χ2n) is 7.16. The molecule has 4 rings (SSSR count). The van der Waals surface area contributed by atoms with Gasteiger partial charge in [0.2, 0.25) is 5.91 Å². The lowest BCUT2D eigenvalue weighted by Gasteiger charge is -2.35. The number of benzene rings is 1. The lowest BCUT2D eigenvalue weighted by molar-refractivity contribution is -0.138. The Morgan fingerprint density at radius 1 is 1.29 bits per heavy atom. The van der Waals surface area contributed by atoms with Crippen LogP contribution in [-0.4, -0.2) is 33.4 Å². The average Bonchev–Trinajstić information content (AvgIpc) is 3.21. The van der Waals surface area contributed by atoms with Gasteiger partial charge in [-0.3, -0.25) is 4.79 Å². The molecule has 1 saturated heterocycles. The highest BCUT2D eigenvalue weighted by molar-refractivity contribution is 6.30. The highest BCUT2D eigenvalue weighted by Crippen LogP contribution is 2.49. The molecule has 1 atom stereocenters. The molecule has 126 valence electrons. The molecular weight excluding hydrogens is 322 g/mol. The fourth-order valence-electron chi connectivity index (χ4n) is 3.82. The number of amides is 1. The number of aromatic nitrogens is 2. The van der Waals surface area contributed by atoms with Crippen LogP contribution in [0.1, 0.15) is 37.2 Å². The molecule has 2 aromatic rings. The van der Waals surface area contributed by atoms with Gasteiger partial charge in [-0.15, -0.1) is 0 Å². The first-order chi connectivity index (χ1) is 11.7. The molecule has 4 nitrogen and oxygen atoms in total. The molecule has 1 aromatic carbocycles. The Morgan fingerprint density at radius 3 is 2.75 bits per heavy atom. The van der Waals surface area contributed by atoms with Gasteiger partial charge < -0.3 is 9.47 Å². The standard InChI is InChI=1S/C19H22ClN3O/c20-17-5-3-15(4-6-17)16-2-1-10-23(12-16)18(24)19(7-8-19)13-22-11-9-21-14-22/h3-6,9,11,14,16H,1-2,7-8,10,12-13H2/t16-/m0/s1. The molecule has 5 heteroatoms. The van der Waals surface area contributed by atoms with Gasteiger partial charge in [0.05, 0.1) is 11.7 Å². The monoisotopic (exact) mass is 343 g/mol. The normalized spacial score (nSPS) is 22.4. The van der Waals surface area contributed by atoms with E-state index in [2.05, 4.69) is 22.0 Å². The van der Waals surface area contributed by atoms with Crippen molar-refractivity contribution in [3.63, 3.8) is 0 Å². The number of imidazole rings is 1. The lowest BCUT2D eigenvalue weighted by atomic mass is 9.89. The van der Waals surface area contributed by atoms with E-state index in [9.17, 15) is 4.79 Å². The summed E-state index contributed by atoms with van der Waals surface area (Å²) in [6.07, 6.45) is 9.72. The maximum absolute atomic E-state index is 13.1. The van der Waals surface area contributed by atoms with Crippen LogP contribution in [0.4, 0.5) is 0 Å². The third-order valence-electron chi connectivity index (χ3n) is 5.40. The Morgan fingerprint density at radius 2 is 2.08 bits per heavy atom. The molecule has 0 N–H and O–H groups in total. The Hall–Kier alpha value is -1.81. The molecule has 1 aromatic heterocycles. The third kappa shape index (κ3) is 3.07. The van der Waals surface area contributed by atoms with Gasteiger partial charge >= 0.3 is 0 Å². The minimum atomic E-state index is -0.192. The summed E-state index contributed by atoms with van der Waals surface area (Å²) < 4.78 is 2.03. The van der Waals surface area contributed by atoms with Crippen LogP contribution in [0.15, 0.2) is 43.0 Å². The molecule has 1 amide bonds. The van der Waals surface area contributed by atoms with Gasteiger partial charge in [-0.2, -0.15) is 0 Å². The number of carbonyl (C=O) groups is 1. The number of rotatable bonds is 4. The van der Waals surface area contributed by atoms with Crippen molar-refractivity contribution < 1.29 is 4.79 Å². The van der Waals surface area contributed by atoms with E-state index in [1.165, 1.54) is 5.56 Å². The number of likely N-dealkylation sites (tertiary alicyclic amines) is 1. The fraction of sp³-hybridized carbons (Fsp3) is 0.474. The highest BCUT2D eigenvalue weighted by Gasteiger charge is 2.52. The van der Waals surface area contributed by atoms with Crippen LogP contribution in [0.3, 0.4) is 0 Å². The van der Waals surface area contributed by atoms with Crippen LogP contribution in [0.5, 0.6) is 0 Å². The van der Waals surface area contributed by atoms with E-state index in [0.717, 1.165) is 50.3 Å². The minimum Gasteiger partial charge on any atom is -0.342 e. The number of halogens is 1. The molecule has 0 spiro atoms. The first-order valence-electron chi connectivity index (χ1n) is 8.67. The number of piperidine rings is 1. The van der Waals surface area contributed by atoms with Gasteiger partial charge in [-0.1, -0.05) is 23.7 Å². The summed E-state index contributed by atoms with van der Waals surface area (Å²) in [6, 6.07) is 8.08. The zero-order valence-corrected chi connectivity index (χ0v) is 14.5. The number of hydrogen-bond donors (Lipinski definition) is 0. The first-order valence-corrected chi connectivity index (χ1v) is 9.05. The van der Waals surface area contributed by atoms with E-state index in [1.54, 1.807) is 12.5 Å². The van der Waals surface area contributed by atoms with E-state index in [0.29, 0.717) is 11.8 Å². The third-order valence-corrected chi connectivity index (χ3v) is 5.65. The van der Waals surface area contributed by atoms with Crippen LogP contribution in [0.25, 0.3) is 0 Å². The van der Waals surface area contributed by atoms with Crippen LogP contribution in [0.2, 0.25) is 5.02 Å². The van der Waals surface area contributed by atoms with Crippen LogP contribution in [0, 0.1) is 5.41 Å². The molecule has 2 aliphatic rings. The maximum atomic E-state index is 13.1. The van der Waals surface area contributed by atoms with Crippen molar-refractivity contribution in [2.75, 3.05) is 13.1 Å². The molecular formula is C19H22ClN3O. The van der Waals surface area contributed by atoms with Gasteiger partial charge in [-0.25, -0.2) is 4.98 Å². The van der Waals surface area contributed by atoms with E-state index >= 15 is 0 Å². The van der Waals surface area contributed by atoms with E-state index in [4.69, 9.17) is 11.6 Å². The van der Waals surface area contributed by atoms with Gasteiger partial charge in [-0.05, 0) is 43.4 Å². The summed E-state index contributed by atoms with van der Waals surface area (Å²) in [4.78, 5) is 19.3. The topological polar surface area (TPSA) is 38.1 Å². The predicted octanol–water partition coefficient (Wildman–Crippen LogP) is 3.72. The second kappa shape index (κ2) is 6.25. The van der Waals surface area contributed by atoms with Gasteiger partial charge in [0, 0.05) is 43.0 Å². The Balaban J connectivity index is 1.45. The molecule has 0 bridgehead atoms. The Bertz CT molecular complexity index is 707. The lowest BCUT2D eigenvalue weighted by Crippen LogP contribution is -2.44. The van der Waals surface area contributed by atoms with Crippen molar-refractivity contribution in [1.82, 2.24) is 14.5 Å². The highest BCUT2D eigenvalue weighted by atomic mass is 35.5. The summed E-state index contributed by atoms with van der Waals surface area (Å²) >= 11 is 5.99. The van der Waals surface area contributed by atoms with Crippen molar-refractivity contribution in [3.05, 3.63) is 53.6 Å². The molecule has 1 saturated carbocycles. The molecule has 2 fully saturated rings. The Labute approximate surface area is 147 Å². The minimum absolute atomic E-state index is 0.192. The van der Waals surface area contributed by atoms with Crippen LogP contribution < -0.4 is 0 Å². The summed E-state index contributed by atoms with van der Waals surface area (Å²) in [5, 5.41) is 0.764. The van der Waals surface area contributed by atoms with Crippen molar-refractivity contribution in [2.45, 2.75) is 38.1 Å². The largest absolute Gasteiger partial charge is 0.342 e. The molecule has 0 unspecified atom stereocenters. The first kappa shape index (κ1) is 15.7. The van der Waals surface area contributed by atoms with Gasteiger partial charge in [0.25, 0.3) is 0 Å².